The van der Waals surface area contributed by atoms with Gasteiger partial charge in [-0.2, -0.15) is 9.78 Å². The van der Waals surface area contributed by atoms with Crippen LogP contribution in [0.15, 0.2) is 0 Å². The van der Waals surface area contributed by atoms with E-state index in [-0.39, 0.29) is 10.8 Å². The fourth-order valence-electron chi connectivity index (χ4n) is 2.51. The normalized spacial score (nSPS) is 21.4. The van der Waals surface area contributed by atoms with Crippen molar-refractivity contribution in [3.05, 3.63) is 6.29 Å². The fraction of sp³-hybridized carbons (Fsp3) is 0.923. The molecule has 0 aromatic rings. The van der Waals surface area contributed by atoms with Crippen LogP contribution in [0.3, 0.4) is 0 Å². The third-order valence-electron chi connectivity index (χ3n) is 4.30. The van der Waals surface area contributed by atoms with Crippen LogP contribution in [0.2, 0.25) is 0 Å². The van der Waals surface area contributed by atoms with Crippen molar-refractivity contribution in [2.24, 2.45) is 10.8 Å². The van der Waals surface area contributed by atoms with Crippen molar-refractivity contribution in [2.75, 3.05) is 0 Å². The molecule has 0 aromatic carbocycles. The number of unbranched alkanes of at least 4 members (excludes halogenated alkanes) is 1. The lowest BCUT2D eigenvalue weighted by Crippen LogP contribution is -2.38. The van der Waals surface area contributed by atoms with Gasteiger partial charge in [-0.3, -0.25) is 0 Å². The number of hydrogen-bond acceptors (Lipinski definition) is 2. The van der Waals surface area contributed by atoms with Gasteiger partial charge in [0.15, 0.2) is 0 Å². The molecule has 0 amide bonds. The van der Waals surface area contributed by atoms with Gasteiger partial charge >= 0.3 is 0 Å². The van der Waals surface area contributed by atoms with E-state index in [1.165, 1.54) is 19.3 Å². The summed E-state index contributed by atoms with van der Waals surface area (Å²) in [6, 6.07) is 0. The van der Waals surface area contributed by atoms with Crippen molar-refractivity contribution in [1.29, 1.82) is 0 Å². The van der Waals surface area contributed by atoms with E-state index in [1.54, 1.807) is 0 Å². The van der Waals surface area contributed by atoms with Crippen LogP contribution in [0, 0.1) is 17.1 Å². The van der Waals surface area contributed by atoms with E-state index in [0.717, 1.165) is 19.1 Å². The van der Waals surface area contributed by atoms with Crippen molar-refractivity contribution >= 4 is 0 Å². The summed E-state index contributed by atoms with van der Waals surface area (Å²) < 4.78 is 0. The largest absolute Gasteiger partial charge is 0.299 e. The molecule has 1 radical (unpaired) electrons. The molecule has 1 unspecified atom stereocenters. The average Bonchev–Trinajstić information content (AvgIpc) is 3.03. The molecule has 1 heterocycles. The minimum atomic E-state index is 0.123. The third-order valence-corrected chi connectivity index (χ3v) is 4.30. The van der Waals surface area contributed by atoms with Gasteiger partial charge in [0.2, 0.25) is 0 Å². The molecule has 1 saturated heterocycles. The number of rotatable bonds is 7. The topological polar surface area (TPSA) is 25.1 Å². The van der Waals surface area contributed by atoms with E-state index in [4.69, 9.17) is 9.78 Å². The maximum atomic E-state index is 5.07. The van der Waals surface area contributed by atoms with Gasteiger partial charge in [-0.05, 0) is 18.3 Å². The molecule has 2 nitrogen and oxygen atoms in total. The highest BCUT2D eigenvalue weighted by molar-refractivity contribution is 5.04. The second-order valence-electron chi connectivity index (χ2n) is 5.23. The standard InChI is InChI=1S/C13H25O2/c1-6-9-10-13(8-3,11-14-15-11)12(4,5)7-2/h6-10H2,1-5H3. The fourth-order valence-corrected chi connectivity index (χ4v) is 2.51. The summed E-state index contributed by atoms with van der Waals surface area (Å²) in [5, 5.41) is 0. The van der Waals surface area contributed by atoms with Crippen LogP contribution in [0.4, 0.5) is 0 Å². The zero-order valence-electron chi connectivity index (χ0n) is 10.9. The Morgan fingerprint density at radius 1 is 1.00 bits per heavy atom. The quantitative estimate of drug-likeness (QED) is 0.461. The minimum Gasteiger partial charge on any atom is -0.188 e. The van der Waals surface area contributed by atoms with Crippen molar-refractivity contribution in [2.45, 2.75) is 66.7 Å². The Balaban J connectivity index is 2.82. The van der Waals surface area contributed by atoms with Gasteiger partial charge in [0.25, 0.3) is 6.29 Å². The van der Waals surface area contributed by atoms with Crippen LogP contribution in [-0.2, 0) is 9.78 Å². The smallest absolute Gasteiger partial charge is 0.188 e. The van der Waals surface area contributed by atoms with Gasteiger partial charge in [-0.1, -0.05) is 53.9 Å². The van der Waals surface area contributed by atoms with Crippen molar-refractivity contribution in [3.8, 4) is 0 Å². The molecule has 1 fully saturated rings. The molecule has 0 aromatic heterocycles. The average molecular weight is 213 g/mol. The monoisotopic (exact) mass is 213 g/mol. The molecule has 2 heteroatoms. The Hall–Kier alpha value is -0.0800. The van der Waals surface area contributed by atoms with Gasteiger partial charge in [0, 0.05) is 5.41 Å². The van der Waals surface area contributed by atoms with E-state index >= 15 is 0 Å². The van der Waals surface area contributed by atoms with Gasteiger partial charge < -0.3 is 0 Å². The molecular weight excluding hydrogens is 188 g/mol. The summed E-state index contributed by atoms with van der Waals surface area (Å²) in [5.74, 6) is 0. The molecule has 0 spiro atoms. The summed E-state index contributed by atoms with van der Waals surface area (Å²) in [4.78, 5) is 10.1. The number of hydrogen-bond donors (Lipinski definition) is 0. The lowest BCUT2D eigenvalue weighted by atomic mass is 9.60. The molecule has 0 bridgehead atoms. The van der Waals surface area contributed by atoms with E-state index in [2.05, 4.69) is 34.6 Å². The van der Waals surface area contributed by atoms with Crippen LogP contribution in [0.25, 0.3) is 0 Å². The van der Waals surface area contributed by atoms with Gasteiger partial charge in [0.1, 0.15) is 0 Å². The van der Waals surface area contributed by atoms with E-state index in [9.17, 15) is 0 Å². The van der Waals surface area contributed by atoms with Crippen molar-refractivity contribution in [1.82, 2.24) is 0 Å². The summed E-state index contributed by atoms with van der Waals surface area (Å²) in [7, 11) is 0. The van der Waals surface area contributed by atoms with Crippen molar-refractivity contribution in [3.63, 3.8) is 0 Å². The molecule has 1 aliphatic rings. The molecule has 1 atom stereocenters. The van der Waals surface area contributed by atoms with Crippen LogP contribution >= 0.6 is 0 Å². The lowest BCUT2D eigenvalue weighted by Gasteiger charge is -2.43. The summed E-state index contributed by atoms with van der Waals surface area (Å²) in [5.41, 5.74) is 0.376. The van der Waals surface area contributed by atoms with Crippen LogP contribution in [-0.4, -0.2) is 0 Å². The highest BCUT2D eigenvalue weighted by Crippen LogP contribution is 2.59. The first-order valence-corrected chi connectivity index (χ1v) is 6.26. The van der Waals surface area contributed by atoms with Crippen LogP contribution < -0.4 is 0 Å². The van der Waals surface area contributed by atoms with Gasteiger partial charge in [-0.25, -0.2) is 0 Å². The molecule has 0 aliphatic carbocycles. The Labute approximate surface area is 94.3 Å². The SMILES string of the molecule is CCCCC(CC)([C]1OO1)C(C)(C)CC. The Morgan fingerprint density at radius 3 is 1.93 bits per heavy atom. The second-order valence-corrected chi connectivity index (χ2v) is 5.23. The first-order valence-electron chi connectivity index (χ1n) is 6.26. The molecule has 1 rings (SSSR count). The van der Waals surface area contributed by atoms with E-state index in [1.807, 2.05) is 0 Å². The Kier molecular flexibility index (Phi) is 4.19. The first kappa shape index (κ1) is 13.0. The molecule has 0 N–H and O–H groups in total. The molecule has 1 aliphatic heterocycles. The minimum absolute atomic E-state index is 0.123. The second kappa shape index (κ2) is 4.84. The van der Waals surface area contributed by atoms with E-state index in [0.29, 0.717) is 0 Å². The maximum absolute atomic E-state index is 5.07. The van der Waals surface area contributed by atoms with Crippen LogP contribution in [0.1, 0.15) is 66.7 Å². The molecule has 89 valence electrons. The predicted molar refractivity (Wildman–Crippen MR) is 61.7 cm³/mol. The summed E-state index contributed by atoms with van der Waals surface area (Å²) >= 11 is 0. The zero-order chi connectivity index (χ0) is 11.5. The third kappa shape index (κ3) is 2.36. The Bertz CT molecular complexity index is 197. The molecular formula is C13H25O2. The highest BCUT2D eigenvalue weighted by Gasteiger charge is 2.57. The lowest BCUT2D eigenvalue weighted by molar-refractivity contribution is 0.0515. The highest BCUT2D eigenvalue weighted by atomic mass is 17.4. The van der Waals surface area contributed by atoms with Crippen LogP contribution in [0.5, 0.6) is 0 Å². The summed E-state index contributed by atoms with van der Waals surface area (Å²) in [6.07, 6.45) is 6.79. The first-order chi connectivity index (χ1) is 7.04. The van der Waals surface area contributed by atoms with Gasteiger partial charge in [0.05, 0.1) is 0 Å². The Morgan fingerprint density at radius 2 is 1.60 bits per heavy atom. The summed E-state index contributed by atoms with van der Waals surface area (Å²) in [6.45, 7) is 11.4. The molecule has 0 saturated carbocycles. The zero-order valence-corrected chi connectivity index (χ0v) is 10.9. The maximum Gasteiger partial charge on any atom is 0.299 e. The predicted octanol–water partition coefficient (Wildman–Crippen LogP) is 4.46. The van der Waals surface area contributed by atoms with Crippen molar-refractivity contribution < 1.29 is 9.78 Å². The van der Waals surface area contributed by atoms with E-state index < -0.39 is 0 Å². The van der Waals surface area contributed by atoms with Gasteiger partial charge in [-0.15, -0.1) is 0 Å². The molecule has 15 heavy (non-hydrogen) atoms.